The molecular weight excluding hydrogens is 582 g/mol. The van der Waals surface area contributed by atoms with E-state index in [-0.39, 0.29) is 18.9 Å². The molecule has 1 saturated heterocycles. The highest BCUT2D eigenvalue weighted by molar-refractivity contribution is 5.93. The van der Waals surface area contributed by atoms with Gasteiger partial charge in [-0.25, -0.2) is 0 Å². The van der Waals surface area contributed by atoms with E-state index in [0.717, 1.165) is 0 Å². The van der Waals surface area contributed by atoms with Crippen LogP contribution in [0.3, 0.4) is 0 Å². The molecule has 0 radical (unpaired) electrons. The number of rotatable bonds is 14. The molecule has 0 aromatic heterocycles. The lowest BCUT2D eigenvalue weighted by Crippen LogP contribution is -2.59. The highest BCUT2D eigenvalue weighted by Crippen LogP contribution is 2.21. The maximum Gasteiger partial charge on any atom is 0.258 e. The number of carbonyl (C=O) groups excluding carboxylic acids is 5. The summed E-state index contributed by atoms with van der Waals surface area (Å²) in [6.07, 6.45) is -1.23. The third-order valence-electron chi connectivity index (χ3n) is 7.08. The molecule has 2 aromatic rings. The fourth-order valence-electron chi connectivity index (χ4n) is 4.96. The van der Waals surface area contributed by atoms with Crippen molar-refractivity contribution in [1.29, 1.82) is 0 Å². The van der Waals surface area contributed by atoms with Crippen LogP contribution in [0.5, 0.6) is 11.5 Å². The van der Waals surface area contributed by atoms with E-state index in [0.29, 0.717) is 29.9 Å². The standard InChI is InChI=1S/C32H43N5O8/c1-32(2,3)36-30(42)25-11-8-16-37(25)31(43)28(40)23(17-20-9-6-5-7-10-20)35-29(41)24(18-26(33)38)34-27(39)19-45-22-14-12-21(44-4)13-15-22/h5-7,9-10,12-15,23-25,28,40H,8,11,16-19H2,1-4H3,(H2,33,38)(H,34,39)(H,35,41)(H,36,42)/t23-,24-,25-,28?/m0/s1. The van der Waals surface area contributed by atoms with Gasteiger partial charge < -0.3 is 41.2 Å². The molecule has 5 amide bonds. The van der Waals surface area contributed by atoms with Gasteiger partial charge in [-0.2, -0.15) is 0 Å². The van der Waals surface area contributed by atoms with Gasteiger partial charge in [-0.1, -0.05) is 30.3 Å². The number of nitrogens with two attached hydrogens (primary N) is 1. The zero-order valence-corrected chi connectivity index (χ0v) is 26.1. The molecule has 1 fully saturated rings. The number of hydrogen-bond acceptors (Lipinski definition) is 8. The van der Waals surface area contributed by atoms with Crippen LogP contribution in [-0.4, -0.2) is 89.6 Å². The molecule has 4 atom stereocenters. The second kappa shape index (κ2) is 15.9. The third-order valence-corrected chi connectivity index (χ3v) is 7.08. The molecule has 1 aliphatic heterocycles. The number of aliphatic hydroxyl groups is 1. The van der Waals surface area contributed by atoms with Crippen LogP contribution in [0.4, 0.5) is 0 Å². The van der Waals surface area contributed by atoms with Gasteiger partial charge in [0, 0.05) is 12.1 Å². The molecule has 244 valence electrons. The second-order valence-electron chi connectivity index (χ2n) is 11.9. The summed E-state index contributed by atoms with van der Waals surface area (Å²) in [7, 11) is 1.52. The van der Waals surface area contributed by atoms with Gasteiger partial charge >= 0.3 is 0 Å². The smallest absolute Gasteiger partial charge is 0.258 e. The first-order valence-corrected chi connectivity index (χ1v) is 14.8. The monoisotopic (exact) mass is 625 g/mol. The summed E-state index contributed by atoms with van der Waals surface area (Å²) < 4.78 is 10.6. The lowest BCUT2D eigenvalue weighted by Gasteiger charge is -2.32. The Morgan fingerprint density at radius 1 is 1.00 bits per heavy atom. The minimum Gasteiger partial charge on any atom is -0.497 e. The van der Waals surface area contributed by atoms with Gasteiger partial charge in [-0.05, 0) is 69.9 Å². The summed E-state index contributed by atoms with van der Waals surface area (Å²) in [4.78, 5) is 65.8. The molecule has 0 saturated carbocycles. The zero-order valence-electron chi connectivity index (χ0n) is 26.1. The van der Waals surface area contributed by atoms with Gasteiger partial charge in [0.2, 0.25) is 17.7 Å². The minimum atomic E-state index is -1.74. The Hall–Kier alpha value is -4.65. The SMILES string of the molecule is COc1ccc(OCC(=O)N[C@@H](CC(N)=O)C(=O)N[C@@H](Cc2ccccc2)C(O)C(=O)N2CCC[C@H]2C(=O)NC(C)(C)C)cc1. The van der Waals surface area contributed by atoms with Crippen LogP contribution in [0.25, 0.3) is 0 Å². The first-order chi connectivity index (χ1) is 21.3. The van der Waals surface area contributed by atoms with E-state index in [1.807, 2.05) is 20.8 Å². The molecule has 1 heterocycles. The largest absolute Gasteiger partial charge is 0.497 e. The number of ether oxygens (including phenoxy) is 2. The number of benzene rings is 2. The normalized spacial score (nSPS) is 16.6. The van der Waals surface area contributed by atoms with Crippen LogP contribution in [0.2, 0.25) is 0 Å². The van der Waals surface area contributed by atoms with Crippen LogP contribution in [0.15, 0.2) is 54.6 Å². The number of methoxy groups -OCH3 is 1. The average molecular weight is 626 g/mol. The summed E-state index contributed by atoms with van der Waals surface area (Å²) in [6.45, 7) is 5.30. The van der Waals surface area contributed by atoms with Gasteiger partial charge in [0.1, 0.15) is 23.6 Å². The second-order valence-corrected chi connectivity index (χ2v) is 11.9. The summed E-state index contributed by atoms with van der Waals surface area (Å²) in [5.41, 5.74) is 5.56. The predicted molar refractivity (Wildman–Crippen MR) is 165 cm³/mol. The van der Waals surface area contributed by atoms with Gasteiger partial charge in [-0.3, -0.25) is 24.0 Å². The molecule has 45 heavy (non-hydrogen) atoms. The van der Waals surface area contributed by atoms with E-state index in [4.69, 9.17) is 15.2 Å². The van der Waals surface area contributed by atoms with Crippen molar-refractivity contribution in [3.8, 4) is 11.5 Å². The van der Waals surface area contributed by atoms with Crippen molar-refractivity contribution in [3.05, 3.63) is 60.2 Å². The first-order valence-electron chi connectivity index (χ1n) is 14.8. The Bertz CT molecular complexity index is 1330. The van der Waals surface area contributed by atoms with Crippen LogP contribution in [-0.2, 0) is 30.4 Å². The van der Waals surface area contributed by atoms with Gasteiger partial charge in [0.25, 0.3) is 11.8 Å². The van der Waals surface area contributed by atoms with Gasteiger partial charge in [0.05, 0.1) is 19.6 Å². The Balaban J connectivity index is 1.75. The average Bonchev–Trinajstić information content (AvgIpc) is 3.49. The van der Waals surface area contributed by atoms with Gasteiger partial charge in [0.15, 0.2) is 12.7 Å². The molecule has 0 bridgehead atoms. The number of amides is 5. The van der Waals surface area contributed by atoms with Gasteiger partial charge in [-0.15, -0.1) is 0 Å². The summed E-state index contributed by atoms with van der Waals surface area (Å²) in [6, 6.07) is 12.0. The molecule has 6 N–H and O–H groups in total. The Morgan fingerprint density at radius 2 is 1.64 bits per heavy atom. The molecule has 1 aliphatic rings. The quantitative estimate of drug-likeness (QED) is 0.200. The van der Waals surface area contributed by atoms with Crippen molar-refractivity contribution in [1.82, 2.24) is 20.9 Å². The first kappa shape index (κ1) is 34.8. The molecule has 3 rings (SSSR count). The third kappa shape index (κ3) is 10.8. The molecule has 0 spiro atoms. The lowest BCUT2D eigenvalue weighted by molar-refractivity contribution is -0.147. The summed E-state index contributed by atoms with van der Waals surface area (Å²) >= 11 is 0. The number of nitrogens with zero attached hydrogens (tertiary/aromatic N) is 1. The molecule has 13 nitrogen and oxygen atoms in total. The topological polar surface area (TPSA) is 189 Å². The summed E-state index contributed by atoms with van der Waals surface area (Å²) in [5, 5.41) is 19.3. The number of aliphatic hydroxyl groups excluding tert-OH is 1. The Morgan fingerprint density at radius 3 is 2.24 bits per heavy atom. The van der Waals surface area contributed by atoms with Crippen LogP contribution in [0.1, 0.15) is 45.6 Å². The molecule has 1 unspecified atom stereocenters. The maximum atomic E-state index is 13.6. The van der Waals surface area contributed by atoms with Crippen LogP contribution in [0, 0.1) is 0 Å². The fraction of sp³-hybridized carbons (Fsp3) is 0.469. The number of hydrogen-bond donors (Lipinski definition) is 5. The van der Waals surface area contributed by atoms with Crippen molar-refractivity contribution in [2.24, 2.45) is 5.73 Å². The minimum absolute atomic E-state index is 0.0456. The van der Waals surface area contributed by atoms with E-state index in [9.17, 15) is 29.1 Å². The highest BCUT2D eigenvalue weighted by atomic mass is 16.5. The molecule has 13 heteroatoms. The lowest BCUT2D eigenvalue weighted by atomic mass is 9.99. The van der Waals surface area contributed by atoms with E-state index in [2.05, 4.69) is 16.0 Å². The van der Waals surface area contributed by atoms with Crippen molar-refractivity contribution in [3.63, 3.8) is 0 Å². The van der Waals surface area contributed by atoms with E-state index in [1.165, 1.54) is 12.0 Å². The fourth-order valence-corrected chi connectivity index (χ4v) is 4.96. The molecule has 0 aliphatic carbocycles. The van der Waals surface area contributed by atoms with Crippen LogP contribution >= 0.6 is 0 Å². The van der Waals surface area contributed by atoms with Crippen molar-refractivity contribution < 1.29 is 38.6 Å². The van der Waals surface area contributed by atoms with Crippen molar-refractivity contribution in [2.45, 2.75) is 76.2 Å². The number of nitrogens with one attached hydrogen (secondary N) is 3. The zero-order chi connectivity index (χ0) is 33.1. The molecule has 2 aromatic carbocycles. The van der Waals surface area contributed by atoms with Crippen molar-refractivity contribution >= 4 is 29.5 Å². The molecular formula is C32H43N5O8. The highest BCUT2D eigenvalue weighted by Gasteiger charge is 2.40. The number of carbonyl (C=O) groups is 5. The van der Waals surface area contributed by atoms with E-state index < -0.39 is 66.4 Å². The number of likely N-dealkylation sites (tertiary alicyclic amines) is 1. The Labute approximate surface area is 262 Å². The van der Waals surface area contributed by atoms with E-state index >= 15 is 0 Å². The van der Waals surface area contributed by atoms with Crippen molar-refractivity contribution in [2.75, 3.05) is 20.3 Å². The maximum absolute atomic E-state index is 13.6. The van der Waals surface area contributed by atoms with E-state index in [1.54, 1.807) is 54.6 Å². The van der Waals surface area contributed by atoms with Crippen LogP contribution < -0.4 is 31.2 Å². The number of primary amides is 1. The predicted octanol–water partition coefficient (Wildman–Crippen LogP) is 0.428. The summed E-state index contributed by atoms with van der Waals surface area (Å²) in [5.74, 6) is -2.45. The Kier molecular flexibility index (Phi) is 12.3.